The molecule has 134 valence electrons. The Hall–Kier alpha value is -1.60. The Bertz CT molecular complexity index is 637. The zero-order valence-electron chi connectivity index (χ0n) is 14.3. The summed E-state index contributed by atoms with van der Waals surface area (Å²) in [5.74, 6) is 0.638. The molecule has 0 saturated heterocycles. The average Bonchev–Trinajstić information content (AvgIpc) is 3.05. The molecular weight excluding hydrogens is 328 g/mol. The van der Waals surface area contributed by atoms with Gasteiger partial charge in [-0.25, -0.2) is 8.42 Å². The number of ether oxygens (including phenoxy) is 1. The fraction of sp³-hybridized carbons (Fsp3) is 0.588. The molecule has 1 N–H and O–H groups in total. The number of hydrogen-bond donors (Lipinski definition) is 1. The van der Waals surface area contributed by atoms with E-state index < -0.39 is 10.0 Å². The summed E-state index contributed by atoms with van der Waals surface area (Å²) in [7, 11) is -1.65. The highest BCUT2D eigenvalue weighted by Gasteiger charge is 2.28. The molecule has 1 aliphatic carbocycles. The Morgan fingerprint density at radius 2 is 1.88 bits per heavy atom. The number of nitrogens with zero attached hydrogens (tertiary/aromatic N) is 1. The molecule has 0 aromatic heterocycles. The Labute approximate surface area is 144 Å². The van der Waals surface area contributed by atoms with Crippen LogP contribution in [0.5, 0.6) is 5.75 Å². The number of amides is 1. The monoisotopic (exact) mass is 354 g/mol. The van der Waals surface area contributed by atoms with Crippen molar-refractivity contribution in [2.24, 2.45) is 0 Å². The minimum absolute atomic E-state index is 0.0819. The van der Waals surface area contributed by atoms with Gasteiger partial charge in [0.25, 0.3) is 0 Å². The fourth-order valence-corrected chi connectivity index (χ4v) is 4.28. The highest BCUT2D eigenvalue weighted by atomic mass is 32.2. The van der Waals surface area contributed by atoms with Crippen LogP contribution in [0.3, 0.4) is 0 Å². The molecule has 1 saturated carbocycles. The molecule has 7 heteroatoms. The molecule has 0 spiro atoms. The molecule has 0 bridgehead atoms. The van der Waals surface area contributed by atoms with E-state index in [2.05, 4.69) is 5.32 Å². The second-order valence-corrected chi connectivity index (χ2v) is 8.12. The normalized spacial score (nSPS) is 15.6. The number of sulfonamides is 1. The molecule has 1 aromatic carbocycles. The van der Waals surface area contributed by atoms with E-state index in [9.17, 15) is 13.2 Å². The number of carbonyl (C=O) groups excluding carboxylic acids is 1. The SMILES string of the molecule is COc1ccc(CC(=O)NCCN(C2CCCC2)S(C)(=O)=O)cc1. The van der Waals surface area contributed by atoms with Gasteiger partial charge in [0.15, 0.2) is 0 Å². The van der Waals surface area contributed by atoms with Gasteiger partial charge in [-0.05, 0) is 30.5 Å². The lowest BCUT2D eigenvalue weighted by molar-refractivity contribution is -0.120. The standard InChI is InChI=1S/C17H26N2O4S/c1-23-16-9-7-14(8-10-16)13-17(20)18-11-12-19(24(2,21)22)15-5-3-4-6-15/h7-10,15H,3-6,11-13H2,1-2H3,(H,18,20). The van der Waals surface area contributed by atoms with Gasteiger partial charge in [-0.3, -0.25) is 4.79 Å². The largest absolute Gasteiger partial charge is 0.497 e. The van der Waals surface area contributed by atoms with Gasteiger partial charge in [0.1, 0.15) is 5.75 Å². The summed E-state index contributed by atoms with van der Waals surface area (Å²) in [5.41, 5.74) is 0.893. The molecule has 1 amide bonds. The minimum Gasteiger partial charge on any atom is -0.497 e. The maximum Gasteiger partial charge on any atom is 0.224 e. The lowest BCUT2D eigenvalue weighted by Gasteiger charge is -2.26. The van der Waals surface area contributed by atoms with Gasteiger partial charge in [0.05, 0.1) is 19.8 Å². The quantitative estimate of drug-likeness (QED) is 0.769. The van der Waals surface area contributed by atoms with Crippen LogP contribution in [-0.4, -0.2) is 51.1 Å². The van der Waals surface area contributed by atoms with E-state index in [-0.39, 0.29) is 18.4 Å². The number of nitrogens with one attached hydrogen (secondary N) is 1. The second kappa shape index (κ2) is 8.48. The van der Waals surface area contributed by atoms with E-state index in [1.807, 2.05) is 24.3 Å². The maximum atomic E-state index is 12.0. The Morgan fingerprint density at radius 3 is 2.42 bits per heavy atom. The van der Waals surface area contributed by atoms with Crippen LogP contribution in [0.4, 0.5) is 0 Å². The zero-order valence-corrected chi connectivity index (χ0v) is 15.1. The summed E-state index contributed by atoms with van der Waals surface area (Å²) < 4.78 is 30.5. The number of methoxy groups -OCH3 is 1. The van der Waals surface area contributed by atoms with Crippen LogP contribution >= 0.6 is 0 Å². The summed E-state index contributed by atoms with van der Waals surface area (Å²) in [6.45, 7) is 0.663. The summed E-state index contributed by atoms with van der Waals surface area (Å²) in [6, 6.07) is 7.40. The molecule has 0 aliphatic heterocycles. The van der Waals surface area contributed by atoms with E-state index >= 15 is 0 Å². The van der Waals surface area contributed by atoms with Crippen molar-refractivity contribution in [3.05, 3.63) is 29.8 Å². The topological polar surface area (TPSA) is 75.7 Å². The predicted octanol–water partition coefficient (Wildman–Crippen LogP) is 1.56. The second-order valence-electron chi connectivity index (χ2n) is 6.19. The fourth-order valence-electron chi connectivity index (χ4n) is 3.11. The van der Waals surface area contributed by atoms with Gasteiger partial charge < -0.3 is 10.1 Å². The van der Waals surface area contributed by atoms with Gasteiger partial charge in [0, 0.05) is 19.1 Å². The van der Waals surface area contributed by atoms with Crippen molar-refractivity contribution in [1.82, 2.24) is 9.62 Å². The molecule has 0 heterocycles. The molecule has 1 aliphatic rings. The third kappa shape index (κ3) is 5.49. The lowest BCUT2D eigenvalue weighted by Crippen LogP contribution is -2.43. The van der Waals surface area contributed by atoms with Crippen molar-refractivity contribution < 1.29 is 17.9 Å². The number of benzene rings is 1. The van der Waals surface area contributed by atoms with Gasteiger partial charge in [-0.2, -0.15) is 4.31 Å². The van der Waals surface area contributed by atoms with Crippen LogP contribution in [0.15, 0.2) is 24.3 Å². The maximum absolute atomic E-state index is 12.0. The number of hydrogen-bond acceptors (Lipinski definition) is 4. The van der Waals surface area contributed by atoms with Crippen LogP contribution in [0.25, 0.3) is 0 Å². The first kappa shape index (κ1) is 18.7. The number of rotatable bonds is 8. The molecule has 24 heavy (non-hydrogen) atoms. The highest BCUT2D eigenvalue weighted by Crippen LogP contribution is 2.24. The van der Waals surface area contributed by atoms with E-state index in [1.165, 1.54) is 10.6 Å². The molecule has 0 radical (unpaired) electrons. The lowest BCUT2D eigenvalue weighted by atomic mass is 10.1. The molecule has 1 fully saturated rings. The minimum atomic E-state index is -3.24. The summed E-state index contributed by atoms with van der Waals surface area (Å²) in [4.78, 5) is 12.0. The Morgan fingerprint density at radius 1 is 1.25 bits per heavy atom. The van der Waals surface area contributed by atoms with Crippen molar-refractivity contribution in [1.29, 1.82) is 0 Å². The summed E-state index contributed by atoms with van der Waals surface area (Å²) >= 11 is 0. The molecule has 1 aromatic rings. The van der Waals surface area contributed by atoms with Crippen LogP contribution in [0.1, 0.15) is 31.2 Å². The molecule has 0 unspecified atom stereocenters. The Kier molecular flexibility index (Phi) is 6.62. The van der Waals surface area contributed by atoms with Crippen LogP contribution in [0.2, 0.25) is 0 Å². The van der Waals surface area contributed by atoms with Crippen molar-refractivity contribution in [2.75, 3.05) is 26.5 Å². The van der Waals surface area contributed by atoms with Gasteiger partial charge in [-0.1, -0.05) is 25.0 Å². The summed E-state index contributed by atoms with van der Waals surface area (Å²) in [5, 5.41) is 2.81. The highest BCUT2D eigenvalue weighted by molar-refractivity contribution is 7.88. The van der Waals surface area contributed by atoms with Crippen LogP contribution in [-0.2, 0) is 21.2 Å². The van der Waals surface area contributed by atoms with Gasteiger partial charge in [-0.15, -0.1) is 0 Å². The Balaban J connectivity index is 1.81. The van der Waals surface area contributed by atoms with E-state index in [0.717, 1.165) is 37.0 Å². The molecule has 0 atom stereocenters. The summed E-state index contributed by atoms with van der Waals surface area (Å²) in [6.07, 6.45) is 5.47. The van der Waals surface area contributed by atoms with E-state index in [1.54, 1.807) is 7.11 Å². The molecular formula is C17H26N2O4S. The predicted molar refractivity (Wildman–Crippen MR) is 93.5 cm³/mol. The van der Waals surface area contributed by atoms with Gasteiger partial charge >= 0.3 is 0 Å². The van der Waals surface area contributed by atoms with Crippen molar-refractivity contribution in [3.63, 3.8) is 0 Å². The third-order valence-electron chi connectivity index (χ3n) is 4.34. The van der Waals surface area contributed by atoms with Crippen LogP contribution in [0, 0.1) is 0 Å². The van der Waals surface area contributed by atoms with Crippen molar-refractivity contribution in [3.8, 4) is 5.75 Å². The van der Waals surface area contributed by atoms with Crippen LogP contribution < -0.4 is 10.1 Å². The van der Waals surface area contributed by atoms with Crippen molar-refractivity contribution >= 4 is 15.9 Å². The number of carbonyl (C=O) groups is 1. The average molecular weight is 354 g/mol. The zero-order chi connectivity index (χ0) is 17.6. The third-order valence-corrected chi connectivity index (χ3v) is 5.67. The smallest absolute Gasteiger partial charge is 0.224 e. The van der Waals surface area contributed by atoms with E-state index in [4.69, 9.17) is 4.74 Å². The first-order valence-corrected chi connectivity index (χ1v) is 10.1. The molecule has 2 rings (SSSR count). The van der Waals surface area contributed by atoms with E-state index in [0.29, 0.717) is 13.1 Å². The van der Waals surface area contributed by atoms with Gasteiger partial charge in [0.2, 0.25) is 15.9 Å². The first-order valence-electron chi connectivity index (χ1n) is 8.26. The van der Waals surface area contributed by atoms with Crippen molar-refractivity contribution in [2.45, 2.75) is 38.1 Å². The molecule has 6 nitrogen and oxygen atoms in total. The first-order chi connectivity index (χ1) is 11.4.